The number of ether oxygens (including phenoxy) is 6. The zero-order chi connectivity index (χ0) is 94.2. The second-order valence-electron chi connectivity index (χ2n) is 35.7. The first-order chi connectivity index (χ1) is 62.3. The summed E-state index contributed by atoms with van der Waals surface area (Å²) in [7, 11) is 0. The van der Waals surface area contributed by atoms with Gasteiger partial charge < -0.3 is 64.2 Å². The van der Waals surface area contributed by atoms with Crippen molar-refractivity contribution in [2.24, 2.45) is 21.7 Å². The van der Waals surface area contributed by atoms with Crippen molar-refractivity contribution in [1.29, 1.82) is 21.0 Å². The predicted octanol–water partition coefficient (Wildman–Crippen LogP) is 20.7. The van der Waals surface area contributed by atoms with Gasteiger partial charge >= 0.3 is 18.2 Å². The minimum absolute atomic E-state index is 0.00571. The van der Waals surface area contributed by atoms with Crippen molar-refractivity contribution < 1.29 is 62.3 Å². The van der Waals surface area contributed by atoms with Crippen molar-refractivity contribution in [3.05, 3.63) is 232 Å². The number of hydrogen-bond donors (Lipinski definition) is 4. The Kier molecular flexibility index (Phi) is 33.1. The number of hydrogen-bond acceptors (Lipinski definition) is 19. The van der Waals surface area contributed by atoms with E-state index in [1.54, 1.807) is 113 Å². The fourth-order valence-corrected chi connectivity index (χ4v) is 17.8. The molecule has 0 bridgehead atoms. The Morgan fingerprint density at radius 2 is 0.634 bits per heavy atom. The van der Waals surface area contributed by atoms with Crippen molar-refractivity contribution in [3.8, 4) is 47.3 Å². The molecule has 8 heterocycles. The number of piperidine rings is 4. The molecule has 4 saturated heterocycles. The highest BCUT2D eigenvalue weighted by molar-refractivity contribution is 6.33. The van der Waals surface area contributed by atoms with Crippen molar-refractivity contribution in [2.45, 2.75) is 154 Å². The molecule has 4 unspecified atom stereocenters. The first kappa shape index (κ1) is 99.2. The molecule has 0 radical (unpaired) electrons. The van der Waals surface area contributed by atoms with Crippen LogP contribution in [0, 0.1) is 67.0 Å². The maximum absolute atomic E-state index is 13.5. The number of nitriles is 4. The third-order valence-electron chi connectivity index (χ3n) is 23.8. The lowest BCUT2D eigenvalue weighted by Crippen LogP contribution is -2.54. The van der Waals surface area contributed by atoms with Gasteiger partial charge in [0.05, 0.1) is 94.9 Å². The summed E-state index contributed by atoms with van der Waals surface area (Å²) < 4.78 is 34.0. The van der Waals surface area contributed by atoms with Gasteiger partial charge in [0.25, 0.3) is 17.7 Å². The second kappa shape index (κ2) is 43.7. The molecule has 0 saturated carbocycles. The highest BCUT2D eigenvalue weighted by atomic mass is 35.5. The number of amides is 5. The molecule has 8 aromatic rings. The van der Waals surface area contributed by atoms with Crippen LogP contribution < -0.4 is 44.7 Å². The molecule has 8 aliphatic heterocycles. The van der Waals surface area contributed by atoms with Crippen LogP contribution in [0.15, 0.2) is 170 Å². The van der Waals surface area contributed by atoms with Gasteiger partial charge in [0.1, 0.15) is 34.2 Å². The minimum Gasteiger partial charge on any atom is -0.478 e. The van der Waals surface area contributed by atoms with E-state index in [1.807, 2.05) is 107 Å². The Morgan fingerprint density at radius 3 is 0.931 bits per heavy atom. The zero-order valence-electron chi connectivity index (χ0n) is 73.3. The van der Waals surface area contributed by atoms with E-state index in [-0.39, 0.29) is 42.0 Å². The van der Waals surface area contributed by atoms with Crippen molar-refractivity contribution in [1.82, 2.24) is 20.0 Å². The molecule has 5 amide bonds. The number of anilines is 4. The van der Waals surface area contributed by atoms with E-state index >= 15 is 0 Å². The molecule has 8 aliphatic rings. The van der Waals surface area contributed by atoms with Crippen molar-refractivity contribution in [3.63, 3.8) is 0 Å². The monoisotopic (exact) mass is 1930 g/mol. The average Bonchev–Trinajstić information content (AvgIpc) is 0.770. The molecule has 131 heavy (non-hydrogen) atoms. The van der Waals surface area contributed by atoms with Crippen LogP contribution in [0.25, 0.3) is 0 Å². The van der Waals surface area contributed by atoms with E-state index in [4.69, 9.17) is 126 Å². The predicted molar refractivity (Wildman–Crippen MR) is 508 cm³/mol. The first-order valence-electron chi connectivity index (χ1n) is 43.1. The summed E-state index contributed by atoms with van der Waals surface area (Å²) in [5.41, 5.74) is 3.84. The van der Waals surface area contributed by atoms with E-state index in [1.165, 1.54) is 21.4 Å². The number of fused-ring (bicyclic) bond motifs is 4. The Bertz CT molecular complexity index is 5430. The quantitative estimate of drug-likeness (QED) is 0.0883. The van der Waals surface area contributed by atoms with Crippen LogP contribution in [0.5, 0.6) is 23.0 Å². The number of carbonyl (C=O) groups excluding carboxylic acids is 5. The number of rotatable bonds is 12. The van der Waals surface area contributed by atoms with E-state index < -0.39 is 70.0 Å². The number of nitrogens with zero attached hydrogens (tertiary/aromatic N) is 9. The number of likely N-dealkylation sites (tertiary alicyclic amines) is 3. The Hall–Kier alpha value is -10.8. The molecule has 4 atom stereocenters. The molecule has 0 aromatic heterocycles. The lowest BCUT2D eigenvalue weighted by molar-refractivity contribution is -0.145. The van der Waals surface area contributed by atoms with E-state index in [0.717, 1.165) is 65.4 Å². The Labute approximate surface area is 803 Å². The van der Waals surface area contributed by atoms with E-state index in [0.29, 0.717) is 174 Å². The highest BCUT2D eigenvalue weighted by Crippen LogP contribution is 2.44. The number of nitrogens with one attached hydrogen (secondary N) is 3. The van der Waals surface area contributed by atoms with E-state index in [2.05, 4.69) is 40.2 Å². The minimum atomic E-state index is -1.15. The van der Waals surface area contributed by atoms with Gasteiger partial charge in [-0.3, -0.25) is 24.2 Å². The van der Waals surface area contributed by atoms with Gasteiger partial charge in [-0.2, -0.15) is 21.0 Å². The number of benzene rings is 8. The van der Waals surface area contributed by atoms with Crippen LogP contribution in [-0.2, 0) is 54.3 Å². The van der Waals surface area contributed by atoms with Gasteiger partial charge in [0, 0.05) is 79.4 Å². The Morgan fingerprint density at radius 1 is 0.374 bits per heavy atom. The van der Waals surface area contributed by atoms with Gasteiger partial charge in [-0.15, -0.1) is 0 Å². The van der Waals surface area contributed by atoms with Gasteiger partial charge in [-0.25, -0.2) is 14.4 Å². The van der Waals surface area contributed by atoms with Crippen LogP contribution in [0.4, 0.5) is 32.3 Å². The second-order valence-corrected chi connectivity index (χ2v) is 39.2. The van der Waals surface area contributed by atoms with Gasteiger partial charge in [-0.05, 0) is 275 Å². The summed E-state index contributed by atoms with van der Waals surface area (Å²) in [4.78, 5) is 83.8. The molecule has 688 valence electrons. The fourth-order valence-electron chi connectivity index (χ4n) is 16.6. The lowest BCUT2D eigenvalue weighted by Gasteiger charge is -2.41. The maximum Gasteiger partial charge on any atom is 0.415 e. The first-order valence-corrected chi connectivity index (χ1v) is 46.1. The van der Waals surface area contributed by atoms with Crippen LogP contribution in [0.2, 0.25) is 40.2 Å². The largest absolute Gasteiger partial charge is 0.478 e. The number of carbonyl (C=O) groups is 6. The van der Waals surface area contributed by atoms with Crippen LogP contribution in [0.1, 0.15) is 115 Å². The Balaban J connectivity index is 0.000000151. The maximum atomic E-state index is 13.5. The summed E-state index contributed by atoms with van der Waals surface area (Å²) in [6, 6.07) is 60.8. The summed E-state index contributed by atoms with van der Waals surface area (Å²) in [6.45, 7) is 16.2. The number of aliphatic carboxylic acids is 1. The standard InChI is InChI=1S/C27H29Cl2N3O4.2C22H21Cl2N3O2.C14H16ClNO5.C13H15ClN2/c1-26(2,3)36-25(34)32-16-23(35-22-9-8-20(29)14-21(22)32)24(33)31-12-10-27(17-30,11-13-31)15-18-4-6-19(28)7-5-18;2*23-16-3-1-15(2-4-16)12-22(14-25)7-9-27(10-8-22)21(28)20-13-26-18-11-17(24)5-6-19(18)29-20;1-14(2,3)21-13(19)16-7-11(12(17)18)20-10-5-4-8(15)6-9(10)16;14-12-3-1-11(2-4-12)9-13(10-15)5-7-16-8-6-13/h4-9,14,23H,10-13,15-16H2,1-3H3;2*1-6,11,20,26H,7-10,12-13H2;4-6,11H,7H2,1-3H3,(H,17,18);1-4,16H,5-9H2. The smallest absolute Gasteiger partial charge is 0.415 e. The SMILES string of the molecule is CC(C)(C)OC(=O)N1CC(C(=O)N2CCC(C#N)(Cc3ccc(Cl)cc3)CC2)Oc2ccc(Cl)cc21.CC(C)(C)OC(=O)N1CC(C(=O)O)Oc2ccc(Cl)cc21.N#CC1(Cc2ccc(Cl)cc2)CCN(C(=O)C2CNc3cc(Cl)ccc3O2)CC1.N#CC1(Cc2ccc(Cl)cc2)CCN(C(=O)C2CNc3cc(Cl)ccc3O2)CC1.N#CC1(Cc2ccc(Cl)cc2)CCNCC1. The third-order valence-corrected chi connectivity index (χ3v) is 25.7. The molecule has 0 spiro atoms. The molecule has 4 N–H and O–H groups in total. The molecular weight excluding hydrogens is 1840 g/mol. The molecular formula is C98H102Cl8N12O13. The van der Waals surface area contributed by atoms with Crippen LogP contribution >= 0.6 is 92.8 Å². The number of halogens is 8. The summed E-state index contributed by atoms with van der Waals surface area (Å²) in [6.07, 6.45) is 3.91. The zero-order valence-corrected chi connectivity index (χ0v) is 79.4. The highest BCUT2D eigenvalue weighted by Gasteiger charge is 2.46. The van der Waals surface area contributed by atoms with Crippen molar-refractivity contribution in [2.75, 3.05) is 99.0 Å². The summed E-state index contributed by atoms with van der Waals surface area (Å²) in [5.74, 6) is 0.471. The van der Waals surface area contributed by atoms with E-state index in [9.17, 15) is 49.8 Å². The molecule has 0 aliphatic carbocycles. The normalized spacial score (nSPS) is 19.3. The molecule has 33 heteroatoms. The average molecular weight is 1940 g/mol. The fraction of sp³-hybridized carbons (Fsp3) is 0.408. The third kappa shape index (κ3) is 26.8. The lowest BCUT2D eigenvalue weighted by atomic mass is 9.75. The molecule has 4 fully saturated rings. The van der Waals surface area contributed by atoms with Gasteiger partial charge in [0.2, 0.25) is 6.10 Å². The number of carboxylic acids is 1. The van der Waals surface area contributed by atoms with Crippen LogP contribution in [-0.4, -0.2) is 170 Å². The molecule has 8 aromatic carbocycles. The number of carboxylic acid groups (broad SMARTS) is 1. The van der Waals surface area contributed by atoms with Crippen molar-refractivity contribution >= 4 is 151 Å². The van der Waals surface area contributed by atoms with Gasteiger partial charge in [0.15, 0.2) is 18.3 Å². The molecule has 25 nitrogen and oxygen atoms in total. The van der Waals surface area contributed by atoms with Gasteiger partial charge in [-0.1, -0.05) is 141 Å². The summed E-state index contributed by atoms with van der Waals surface area (Å²) in [5, 5.41) is 62.7. The summed E-state index contributed by atoms with van der Waals surface area (Å²) >= 11 is 47.8. The molecule has 16 rings (SSSR count). The van der Waals surface area contributed by atoms with Crippen LogP contribution in [0.3, 0.4) is 0 Å². The topological polar surface area (TPSA) is 325 Å².